The molecular weight excluding hydrogens is 338 g/mol. The molecule has 0 aromatic heterocycles. The van der Waals surface area contributed by atoms with Gasteiger partial charge in [0.15, 0.2) is 0 Å². The fourth-order valence-corrected chi connectivity index (χ4v) is 5.68. The third-order valence-electron chi connectivity index (χ3n) is 6.92. The molecule has 6 nitrogen and oxygen atoms in total. The van der Waals surface area contributed by atoms with Gasteiger partial charge in [-0.1, -0.05) is 38.3 Å². The molecule has 27 heavy (non-hydrogen) atoms. The molecule has 4 aliphatic rings. The maximum Gasteiger partial charge on any atom is 0.235 e. The zero-order valence-corrected chi connectivity index (χ0v) is 16.4. The number of allylic oxidation sites excluding steroid dienone is 3. The van der Waals surface area contributed by atoms with Crippen molar-refractivity contribution >= 4 is 18.0 Å². The lowest BCUT2D eigenvalue weighted by atomic mass is 9.57. The van der Waals surface area contributed by atoms with Crippen LogP contribution < -0.4 is 5.73 Å². The summed E-state index contributed by atoms with van der Waals surface area (Å²) in [6, 6.07) is 0. The van der Waals surface area contributed by atoms with E-state index in [0.717, 1.165) is 69.8 Å². The number of carbonyl (C=O) groups is 1. The highest BCUT2D eigenvalue weighted by molar-refractivity contribution is 6.23. The van der Waals surface area contributed by atoms with E-state index in [1.807, 2.05) is 18.2 Å². The summed E-state index contributed by atoms with van der Waals surface area (Å²) in [6.45, 7) is 7.46. The van der Waals surface area contributed by atoms with Crippen LogP contribution in [0.4, 0.5) is 0 Å². The number of hydrogen-bond donors (Lipinski definition) is 1. The number of amides is 1. The molecule has 0 aromatic rings. The van der Waals surface area contributed by atoms with Gasteiger partial charge in [-0.2, -0.15) is 0 Å². The summed E-state index contributed by atoms with van der Waals surface area (Å²) >= 11 is 0. The van der Waals surface area contributed by atoms with E-state index in [2.05, 4.69) is 26.7 Å². The van der Waals surface area contributed by atoms with Gasteiger partial charge in [-0.15, -0.1) is 0 Å². The molecule has 6 heteroatoms. The largest absolute Gasteiger partial charge is 0.369 e. The maximum atomic E-state index is 13.1. The molecule has 1 unspecified atom stereocenters. The van der Waals surface area contributed by atoms with Gasteiger partial charge in [-0.3, -0.25) is 9.69 Å². The van der Waals surface area contributed by atoms with E-state index >= 15 is 0 Å². The van der Waals surface area contributed by atoms with Crippen LogP contribution in [0.15, 0.2) is 33.9 Å². The minimum absolute atomic E-state index is 0.286. The summed E-state index contributed by atoms with van der Waals surface area (Å²) in [5.74, 6) is -0.286. The van der Waals surface area contributed by atoms with Crippen molar-refractivity contribution in [3.63, 3.8) is 0 Å². The average Bonchev–Trinajstić information content (AvgIpc) is 3.18. The molecule has 2 aliphatic carbocycles. The average molecular weight is 370 g/mol. The molecular formula is C21H31N5O. The van der Waals surface area contributed by atoms with Crippen LogP contribution in [0.3, 0.4) is 0 Å². The summed E-state index contributed by atoms with van der Waals surface area (Å²) in [5.41, 5.74) is 6.54. The second-order valence-electron chi connectivity index (χ2n) is 8.23. The van der Waals surface area contributed by atoms with Gasteiger partial charge in [-0.25, -0.2) is 9.98 Å². The Balaban J connectivity index is 1.74. The first-order chi connectivity index (χ1) is 13.1. The molecule has 1 saturated carbocycles. The van der Waals surface area contributed by atoms with Crippen molar-refractivity contribution in [1.29, 1.82) is 0 Å². The van der Waals surface area contributed by atoms with E-state index in [1.165, 1.54) is 12.8 Å². The maximum absolute atomic E-state index is 13.1. The minimum atomic E-state index is -0.888. The topological polar surface area (TPSA) is 74.3 Å². The first-order valence-electron chi connectivity index (χ1n) is 10.4. The first-order valence-corrected chi connectivity index (χ1v) is 10.4. The van der Waals surface area contributed by atoms with Crippen LogP contribution in [0.1, 0.15) is 45.4 Å². The first kappa shape index (κ1) is 18.6. The number of hydrogen-bond acceptors (Lipinski definition) is 5. The van der Waals surface area contributed by atoms with Crippen LogP contribution in [0.2, 0.25) is 0 Å². The van der Waals surface area contributed by atoms with Gasteiger partial charge >= 0.3 is 0 Å². The third-order valence-corrected chi connectivity index (χ3v) is 6.92. The van der Waals surface area contributed by atoms with Crippen molar-refractivity contribution in [3.8, 4) is 0 Å². The lowest BCUT2D eigenvalue weighted by Crippen LogP contribution is -2.70. The van der Waals surface area contributed by atoms with Crippen molar-refractivity contribution in [2.45, 2.75) is 51.0 Å². The third kappa shape index (κ3) is 2.81. The molecule has 0 bridgehead atoms. The van der Waals surface area contributed by atoms with Gasteiger partial charge in [0.1, 0.15) is 11.8 Å². The molecule has 146 valence electrons. The van der Waals surface area contributed by atoms with Crippen molar-refractivity contribution in [1.82, 2.24) is 9.80 Å². The normalized spacial score (nSPS) is 30.7. The second-order valence-corrected chi connectivity index (χ2v) is 8.23. The summed E-state index contributed by atoms with van der Waals surface area (Å²) < 4.78 is 0. The summed E-state index contributed by atoms with van der Waals surface area (Å²) in [6.07, 6.45) is 14.1. The Labute approximate surface area is 161 Å². The highest BCUT2D eigenvalue weighted by Gasteiger charge is 2.61. The van der Waals surface area contributed by atoms with E-state index in [9.17, 15) is 4.79 Å². The fourth-order valence-electron chi connectivity index (χ4n) is 5.68. The quantitative estimate of drug-likeness (QED) is 0.807. The predicted molar refractivity (Wildman–Crippen MR) is 109 cm³/mol. The summed E-state index contributed by atoms with van der Waals surface area (Å²) in [7, 11) is 0. The zero-order valence-electron chi connectivity index (χ0n) is 16.4. The standard InChI is InChI=1S/C21H31N5O/c1-2-11-25-12-14-26(15-13-25)20(8-4-3-5-9-20)21(19(22)27)10-6-7-17-18(21)24-16-23-17/h6-7,10,16H,2-5,8-9,11-15H2,1H3,(H2,22,27). The number of primary amides is 1. The van der Waals surface area contributed by atoms with Gasteiger partial charge < -0.3 is 10.6 Å². The van der Waals surface area contributed by atoms with E-state index in [-0.39, 0.29) is 11.4 Å². The Morgan fingerprint density at radius 1 is 1.19 bits per heavy atom. The lowest BCUT2D eigenvalue weighted by Gasteiger charge is -2.57. The number of aliphatic imine (C=N–C) groups is 2. The Kier molecular flexibility index (Phi) is 5.03. The van der Waals surface area contributed by atoms with Gasteiger partial charge in [0, 0.05) is 31.7 Å². The number of nitrogens with two attached hydrogens (primary N) is 1. The number of carbonyl (C=O) groups excluding carboxylic acids is 1. The molecule has 1 saturated heterocycles. The van der Waals surface area contributed by atoms with Crippen LogP contribution in [0.25, 0.3) is 0 Å². The SMILES string of the molecule is CCCN1CCN(C2(C3(C(N)=O)C=CC=C4N=CN=C43)CCCCC2)CC1. The summed E-state index contributed by atoms with van der Waals surface area (Å²) in [5, 5.41) is 0. The molecule has 0 aromatic carbocycles. The number of rotatable bonds is 5. The molecule has 2 aliphatic heterocycles. The monoisotopic (exact) mass is 369 g/mol. The molecule has 2 heterocycles. The Morgan fingerprint density at radius 2 is 1.93 bits per heavy atom. The smallest absolute Gasteiger partial charge is 0.235 e. The molecule has 0 radical (unpaired) electrons. The number of nitrogens with zero attached hydrogens (tertiary/aromatic N) is 4. The molecule has 0 spiro atoms. The number of piperazine rings is 1. The van der Waals surface area contributed by atoms with Gasteiger partial charge in [-0.05, 0) is 31.9 Å². The molecule has 2 fully saturated rings. The number of fused-ring (bicyclic) bond motifs is 1. The predicted octanol–water partition coefficient (Wildman–Crippen LogP) is 2.13. The Morgan fingerprint density at radius 3 is 2.59 bits per heavy atom. The molecule has 4 rings (SSSR count). The van der Waals surface area contributed by atoms with Gasteiger partial charge in [0.25, 0.3) is 0 Å². The zero-order chi connectivity index (χ0) is 18.9. The molecule has 1 atom stereocenters. The van der Waals surface area contributed by atoms with E-state index in [1.54, 1.807) is 6.34 Å². The molecule has 1 amide bonds. The van der Waals surface area contributed by atoms with Crippen LogP contribution in [0, 0.1) is 5.41 Å². The second kappa shape index (κ2) is 7.32. The van der Waals surface area contributed by atoms with Crippen LogP contribution >= 0.6 is 0 Å². The van der Waals surface area contributed by atoms with E-state index < -0.39 is 5.41 Å². The van der Waals surface area contributed by atoms with Gasteiger partial charge in [0.2, 0.25) is 5.91 Å². The highest BCUT2D eigenvalue weighted by atomic mass is 16.1. The Bertz CT molecular complexity index is 708. The minimum Gasteiger partial charge on any atom is -0.369 e. The molecule has 2 N–H and O–H groups in total. The van der Waals surface area contributed by atoms with E-state index in [4.69, 9.17) is 5.73 Å². The van der Waals surface area contributed by atoms with E-state index in [0.29, 0.717) is 0 Å². The summed E-state index contributed by atoms with van der Waals surface area (Å²) in [4.78, 5) is 27.1. The van der Waals surface area contributed by atoms with Gasteiger partial charge in [0.05, 0.1) is 11.4 Å². The fraction of sp³-hybridized carbons (Fsp3) is 0.667. The van der Waals surface area contributed by atoms with Crippen molar-refractivity contribution < 1.29 is 4.79 Å². The van der Waals surface area contributed by atoms with Crippen LogP contribution in [0.5, 0.6) is 0 Å². The van der Waals surface area contributed by atoms with Crippen molar-refractivity contribution in [3.05, 3.63) is 23.9 Å². The Hall–Kier alpha value is -1.79. The highest BCUT2D eigenvalue weighted by Crippen LogP contribution is 2.51. The van der Waals surface area contributed by atoms with Crippen LogP contribution in [-0.4, -0.2) is 66.0 Å². The lowest BCUT2D eigenvalue weighted by molar-refractivity contribution is -0.132. The van der Waals surface area contributed by atoms with Crippen molar-refractivity contribution in [2.75, 3.05) is 32.7 Å². The van der Waals surface area contributed by atoms with Crippen LogP contribution in [-0.2, 0) is 4.79 Å². The van der Waals surface area contributed by atoms with Crippen molar-refractivity contribution in [2.24, 2.45) is 21.1 Å².